The molecule has 10 nitrogen and oxygen atoms in total. The molecule has 0 aliphatic heterocycles. The molecule has 2 aromatic carbocycles. The predicted molar refractivity (Wildman–Crippen MR) is 132 cm³/mol. The molecule has 1 aromatic heterocycles. The number of amides is 3. The smallest absolute Gasteiger partial charge is 0.250 e. The molecule has 1 unspecified atom stereocenters. The van der Waals surface area contributed by atoms with Crippen LogP contribution in [0.25, 0.3) is 21.3 Å². The number of halogens is 2. The number of hydrogen-bond acceptors (Lipinski definition) is 8. The lowest BCUT2D eigenvalue weighted by Crippen LogP contribution is -2.41. The first kappa shape index (κ1) is 26.6. The lowest BCUT2D eigenvalue weighted by Gasteiger charge is -2.12. The Bertz CT molecular complexity index is 1500. The van der Waals surface area contributed by atoms with Gasteiger partial charge in [0, 0.05) is 17.9 Å². The first-order valence-electron chi connectivity index (χ1n) is 11.0. The molecular formula is C23H22F2N4O6S2. The Hall–Kier alpha value is -3.49. The van der Waals surface area contributed by atoms with Crippen LogP contribution < -0.4 is 16.0 Å². The van der Waals surface area contributed by atoms with Gasteiger partial charge in [-0.15, -0.1) is 11.3 Å². The molecule has 1 atom stereocenters. The summed E-state index contributed by atoms with van der Waals surface area (Å²) in [4.78, 5) is 40.1. The average Bonchev–Trinajstić information content (AvgIpc) is 3.54. The molecule has 3 amide bonds. The molecule has 0 radical (unpaired) electrons. The van der Waals surface area contributed by atoms with Gasteiger partial charge in [-0.1, -0.05) is 6.07 Å². The van der Waals surface area contributed by atoms with Crippen molar-refractivity contribution in [2.24, 2.45) is 0 Å². The molecule has 14 heteroatoms. The molecule has 37 heavy (non-hydrogen) atoms. The molecule has 196 valence electrons. The molecule has 1 fully saturated rings. The van der Waals surface area contributed by atoms with Crippen molar-refractivity contribution in [2.45, 2.75) is 24.1 Å². The van der Waals surface area contributed by atoms with Crippen molar-refractivity contribution >= 4 is 54.8 Å². The van der Waals surface area contributed by atoms with Gasteiger partial charge in [-0.25, -0.2) is 22.2 Å². The van der Waals surface area contributed by atoms with E-state index in [0.717, 1.165) is 42.6 Å². The van der Waals surface area contributed by atoms with Gasteiger partial charge in [0.1, 0.15) is 23.2 Å². The van der Waals surface area contributed by atoms with Gasteiger partial charge in [0.15, 0.2) is 15.1 Å². The number of carbonyl (C=O) groups is 3. The third-order valence-electron chi connectivity index (χ3n) is 5.45. The minimum Gasteiger partial charge on any atom is -0.387 e. The fraction of sp³-hybridized carbons (Fsp3) is 0.304. The number of benzene rings is 2. The quantitative estimate of drug-likeness (QED) is 0.315. The third kappa shape index (κ3) is 6.26. The molecule has 0 saturated heterocycles. The van der Waals surface area contributed by atoms with Crippen LogP contribution >= 0.6 is 11.3 Å². The SMILES string of the molecule is CS(=O)(=O)C(C(=O)NCC(=O)NC1CC1)c1nc2cc(-c3ccc(NC(=O)CO)c(F)c3)c(F)cc2s1. The minimum atomic E-state index is -4.01. The van der Waals surface area contributed by atoms with Gasteiger partial charge in [-0.2, -0.15) is 0 Å². The van der Waals surface area contributed by atoms with Crippen molar-refractivity contribution < 1.29 is 36.7 Å². The Balaban J connectivity index is 1.62. The highest BCUT2D eigenvalue weighted by molar-refractivity contribution is 7.91. The zero-order chi connectivity index (χ0) is 26.9. The van der Waals surface area contributed by atoms with Crippen LogP contribution in [0.4, 0.5) is 14.5 Å². The van der Waals surface area contributed by atoms with E-state index < -0.39 is 57.6 Å². The third-order valence-corrected chi connectivity index (χ3v) is 7.97. The van der Waals surface area contributed by atoms with Crippen molar-refractivity contribution in [3.63, 3.8) is 0 Å². The standard InChI is InChI=1S/C23H22F2N4O6S2/c1-37(34,35)21(22(33)26-9-19(31)27-12-3-4-12)23-29-17-7-13(14(24)8-18(17)36-23)11-2-5-16(15(25)6-11)28-20(32)10-30/h2,5-8,12,21,30H,3-4,9-10H2,1H3,(H,26,33)(H,27,31)(H,28,32). The fourth-order valence-electron chi connectivity index (χ4n) is 3.53. The number of nitrogens with zero attached hydrogens (tertiary/aromatic N) is 1. The zero-order valence-corrected chi connectivity index (χ0v) is 21.0. The van der Waals surface area contributed by atoms with Gasteiger partial charge in [0.25, 0.3) is 0 Å². The maximum Gasteiger partial charge on any atom is 0.250 e. The highest BCUT2D eigenvalue weighted by Crippen LogP contribution is 2.35. The van der Waals surface area contributed by atoms with E-state index in [0.29, 0.717) is 0 Å². The summed E-state index contributed by atoms with van der Waals surface area (Å²) in [6.07, 6.45) is 2.57. The van der Waals surface area contributed by atoms with Crippen LogP contribution in [-0.2, 0) is 24.2 Å². The Morgan fingerprint density at radius 2 is 1.86 bits per heavy atom. The van der Waals surface area contributed by atoms with Crippen molar-refractivity contribution in [1.29, 1.82) is 0 Å². The van der Waals surface area contributed by atoms with E-state index in [1.165, 1.54) is 18.2 Å². The van der Waals surface area contributed by atoms with Gasteiger partial charge in [0.2, 0.25) is 17.7 Å². The number of aromatic nitrogens is 1. The molecule has 3 aromatic rings. The molecule has 4 N–H and O–H groups in total. The zero-order valence-electron chi connectivity index (χ0n) is 19.4. The highest BCUT2D eigenvalue weighted by atomic mass is 32.2. The number of sulfone groups is 1. The van der Waals surface area contributed by atoms with Gasteiger partial charge in [-0.05, 0) is 42.7 Å². The second-order valence-corrected chi connectivity index (χ2v) is 11.7. The first-order valence-corrected chi connectivity index (χ1v) is 13.8. The lowest BCUT2D eigenvalue weighted by atomic mass is 10.0. The van der Waals surface area contributed by atoms with E-state index in [1.54, 1.807) is 0 Å². The van der Waals surface area contributed by atoms with Gasteiger partial charge in [-0.3, -0.25) is 14.4 Å². The van der Waals surface area contributed by atoms with Crippen LogP contribution in [0.5, 0.6) is 0 Å². The summed E-state index contributed by atoms with van der Waals surface area (Å²) in [6, 6.07) is 6.03. The summed E-state index contributed by atoms with van der Waals surface area (Å²) >= 11 is 0.812. The molecule has 1 aliphatic rings. The fourth-order valence-corrected chi connectivity index (χ4v) is 6.04. The number of rotatable bonds is 9. The molecule has 1 saturated carbocycles. The maximum absolute atomic E-state index is 14.9. The Morgan fingerprint density at radius 1 is 1.14 bits per heavy atom. The summed E-state index contributed by atoms with van der Waals surface area (Å²) in [5.41, 5.74) is 0.0587. The van der Waals surface area contributed by atoms with Gasteiger partial charge >= 0.3 is 0 Å². The summed E-state index contributed by atoms with van der Waals surface area (Å²) in [5, 5.41) is 14.1. The van der Waals surface area contributed by atoms with E-state index in [9.17, 15) is 31.6 Å². The number of carbonyl (C=O) groups excluding carboxylic acids is 3. The first-order chi connectivity index (χ1) is 17.5. The van der Waals surface area contributed by atoms with Crippen molar-refractivity contribution in [1.82, 2.24) is 15.6 Å². The summed E-state index contributed by atoms with van der Waals surface area (Å²) in [6.45, 7) is -1.23. The predicted octanol–water partition coefficient (Wildman–Crippen LogP) is 1.65. The number of aliphatic hydroxyl groups excluding tert-OH is 1. The number of fused-ring (bicyclic) bond motifs is 1. The molecule has 1 heterocycles. The average molecular weight is 553 g/mol. The van der Waals surface area contributed by atoms with Crippen LogP contribution in [-0.4, -0.2) is 61.7 Å². The lowest BCUT2D eigenvalue weighted by molar-refractivity contribution is -0.126. The topological polar surface area (TPSA) is 155 Å². The second-order valence-electron chi connectivity index (χ2n) is 8.52. The Kier molecular flexibility index (Phi) is 7.52. The number of aliphatic hydroxyl groups is 1. The molecule has 0 spiro atoms. The van der Waals surface area contributed by atoms with Crippen molar-refractivity contribution in [3.8, 4) is 11.1 Å². The summed E-state index contributed by atoms with van der Waals surface area (Å²) < 4.78 is 54.5. The number of hydrogen-bond donors (Lipinski definition) is 4. The monoisotopic (exact) mass is 552 g/mol. The van der Waals surface area contributed by atoms with E-state index in [-0.39, 0.29) is 38.1 Å². The normalized spacial score (nSPS) is 14.3. The number of thiazole rings is 1. The minimum absolute atomic E-state index is 0.0413. The van der Waals surface area contributed by atoms with Crippen molar-refractivity contribution in [3.05, 3.63) is 47.0 Å². The number of anilines is 1. The van der Waals surface area contributed by atoms with Crippen LogP contribution in [0.2, 0.25) is 0 Å². The van der Waals surface area contributed by atoms with Crippen LogP contribution in [0.3, 0.4) is 0 Å². The van der Waals surface area contributed by atoms with E-state index in [2.05, 4.69) is 20.9 Å². The summed E-state index contributed by atoms with van der Waals surface area (Å²) in [5.74, 6) is -3.80. The Labute approximate surface area is 214 Å². The molecule has 4 rings (SSSR count). The molecular weight excluding hydrogens is 530 g/mol. The Morgan fingerprint density at radius 3 is 2.49 bits per heavy atom. The highest BCUT2D eigenvalue weighted by Gasteiger charge is 2.34. The summed E-state index contributed by atoms with van der Waals surface area (Å²) in [7, 11) is -4.01. The van der Waals surface area contributed by atoms with E-state index >= 15 is 0 Å². The van der Waals surface area contributed by atoms with Gasteiger partial charge < -0.3 is 21.1 Å². The van der Waals surface area contributed by atoms with E-state index in [4.69, 9.17) is 5.11 Å². The van der Waals surface area contributed by atoms with Crippen LogP contribution in [0, 0.1) is 11.6 Å². The maximum atomic E-state index is 14.9. The number of nitrogens with one attached hydrogen (secondary N) is 3. The largest absolute Gasteiger partial charge is 0.387 e. The molecule has 1 aliphatic carbocycles. The van der Waals surface area contributed by atoms with E-state index in [1.807, 2.05) is 0 Å². The molecule has 0 bridgehead atoms. The van der Waals surface area contributed by atoms with Crippen molar-refractivity contribution in [2.75, 3.05) is 24.7 Å². The van der Waals surface area contributed by atoms with Gasteiger partial charge in [0.05, 0.1) is 22.4 Å². The van der Waals surface area contributed by atoms with Crippen LogP contribution in [0.1, 0.15) is 23.1 Å². The van der Waals surface area contributed by atoms with Crippen LogP contribution in [0.15, 0.2) is 30.3 Å². The second kappa shape index (κ2) is 10.5.